The van der Waals surface area contributed by atoms with Gasteiger partial charge in [0, 0.05) is 19.0 Å². The molecule has 1 saturated heterocycles. The Hall–Kier alpha value is -1.76. The zero-order chi connectivity index (χ0) is 12.3. The summed E-state index contributed by atoms with van der Waals surface area (Å²) in [4.78, 5) is 11.3. The SMILES string of the molecule is NC(=S)c1ccnnc1NC1CCC(=O)NC1. The maximum absolute atomic E-state index is 11.0. The van der Waals surface area contributed by atoms with E-state index in [1.807, 2.05) is 0 Å². The van der Waals surface area contributed by atoms with Crippen molar-refractivity contribution in [3.8, 4) is 0 Å². The first-order valence-electron chi connectivity index (χ1n) is 5.31. The molecule has 1 aromatic heterocycles. The van der Waals surface area contributed by atoms with Crippen molar-refractivity contribution in [3.05, 3.63) is 17.8 Å². The van der Waals surface area contributed by atoms with Crippen molar-refractivity contribution in [3.63, 3.8) is 0 Å². The lowest BCUT2D eigenvalue weighted by atomic mass is 10.1. The molecule has 7 heteroatoms. The number of nitrogens with one attached hydrogen (secondary N) is 2. The van der Waals surface area contributed by atoms with Crippen LogP contribution in [0.25, 0.3) is 0 Å². The van der Waals surface area contributed by atoms with Crippen LogP contribution in [0.5, 0.6) is 0 Å². The summed E-state index contributed by atoms with van der Waals surface area (Å²) in [5, 5.41) is 13.7. The molecule has 0 aromatic carbocycles. The summed E-state index contributed by atoms with van der Waals surface area (Å²) in [5.41, 5.74) is 6.27. The summed E-state index contributed by atoms with van der Waals surface area (Å²) in [6.07, 6.45) is 2.82. The van der Waals surface area contributed by atoms with Gasteiger partial charge in [-0.2, -0.15) is 5.10 Å². The second-order valence-corrected chi connectivity index (χ2v) is 4.28. The molecular weight excluding hydrogens is 238 g/mol. The minimum Gasteiger partial charge on any atom is -0.389 e. The van der Waals surface area contributed by atoms with E-state index in [0.717, 1.165) is 6.42 Å². The quantitative estimate of drug-likeness (QED) is 0.644. The number of carbonyl (C=O) groups is 1. The highest BCUT2D eigenvalue weighted by atomic mass is 32.1. The van der Waals surface area contributed by atoms with Gasteiger partial charge in [-0.3, -0.25) is 4.79 Å². The topological polar surface area (TPSA) is 92.9 Å². The molecule has 1 atom stereocenters. The predicted molar refractivity (Wildman–Crippen MR) is 67.6 cm³/mol. The Morgan fingerprint density at radius 3 is 3.12 bits per heavy atom. The van der Waals surface area contributed by atoms with Gasteiger partial charge in [-0.05, 0) is 12.5 Å². The van der Waals surface area contributed by atoms with Crippen molar-refractivity contribution in [1.29, 1.82) is 0 Å². The molecule has 2 rings (SSSR count). The first kappa shape index (κ1) is 11.7. The van der Waals surface area contributed by atoms with Crippen molar-refractivity contribution in [2.24, 2.45) is 5.73 Å². The second-order valence-electron chi connectivity index (χ2n) is 3.84. The predicted octanol–water partition coefficient (Wildman–Crippen LogP) is -0.199. The van der Waals surface area contributed by atoms with Gasteiger partial charge in [-0.25, -0.2) is 0 Å². The lowest BCUT2D eigenvalue weighted by Crippen LogP contribution is -2.42. The standard InChI is InChI=1S/C10H13N5OS/c11-9(17)7-3-4-13-15-10(7)14-6-1-2-8(16)12-5-6/h3-4,6H,1-2,5H2,(H2,11,17)(H,12,16)(H,14,15). The Morgan fingerprint density at radius 2 is 2.47 bits per heavy atom. The van der Waals surface area contributed by atoms with Crippen molar-refractivity contribution in [2.45, 2.75) is 18.9 Å². The van der Waals surface area contributed by atoms with E-state index < -0.39 is 0 Å². The van der Waals surface area contributed by atoms with Crippen molar-refractivity contribution in [1.82, 2.24) is 15.5 Å². The highest BCUT2D eigenvalue weighted by Gasteiger charge is 2.19. The average Bonchev–Trinajstić information content (AvgIpc) is 2.32. The molecule has 1 fully saturated rings. The minimum atomic E-state index is 0.0803. The third-order valence-corrected chi connectivity index (χ3v) is 2.81. The van der Waals surface area contributed by atoms with E-state index >= 15 is 0 Å². The van der Waals surface area contributed by atoms with E-state index in [2.05, 4.69) is 20.8 Å². The molecular formula is C10H13N5OS. The van der Waals surface area contributed by atoms with Crippen LogP contribution < -0.4 is 16.4 Å². The summed E-state index contributed by atoms with van der Waals surface area (Å²) in [7, 11) is 0. The number of hydrogen-bond acceptors (Lipinski definition) is 5. The summed E-state index contributed by atoms with van der Waals surface area (Å²) in [5.74, 6) is 0.651. The summed E-state index contributed by atoms with van der Waals surface area (Å²) < 4.78 is 0. The van der Waals surface area contributed by atoms with Gasteiger partial charge >= 0.3 is 0 Å². The van der Waals surface area contributed by atoms with Crippen molar-refractivity contribution in [2.75, 3.05) is 11.9 Å². The van der Waals surface area contributed by atoms with Gasteiger partial charge in [0.2, 0.25) is 5.91 Å². The lowest BCUT2D eigenvalue weighted by molar-refractivity contribution is -0.122. The molecule has 0 radical (unpaired) electrons. The zero-order valence-electron chi connectivity index (χ0n) is 9.14. The summed E-state index contributed by atoms with van der Waals surface area (Å²) in [6, 6.07) is 1.86. The van der Waals surface area contributed by atoms with E-state index in [1.54, 1.807) is 12.3 Å². The number of carbonyl (C=O) groups excluding carboxylic acids is 1. The molecule has 0 aliphatic carbocycles. The maximum atomic E-state index is 11.0. The van der Waals surface area contributed by atoms with E-state index in [9.17, 15) is 4.79 Å². The van der Waals surface area contributed by atoms with Crippen LogP contribution in [0.15, 0.2) is 12.3 Å². The van der Waals surface area contributed by atoms with Crippen LogP contribution in [0.1, 0.15) is 18.4 Å². The number of amides is 1. The molecule has 17 heavy (non-hydrogen) atoms. The highest BCUT2D eigenvalue weighted by Crippen LogP contribution is 2.14. The number of nitrogens with two attached hydrogens (primary N) is 1. The number of nitrogens with zero attached hydrogens (tertiary/aromatic N) is 2. The Morgan fingerprint density at radius 1 is 1.65 bits per heavy atom. The van der Waals surface area contributed by atoms with Gasteiger partial charge in [0.05, 0.1) is 11.8 Å². The monoisotopic (exact) mass is 251 g/mol. The van der Waals surface area contributed by atoms with Gasteiger partial charge in [0.1, 0.15) is 4.99 Å². The molecule has 1 amide bonds. The van der Waals surface area contributed by atoms with E-state index in [0.29, 0.717) is 24.3 Å². The van der Waals surface area contributed by atoms with E-state index in [4.69, 9.17) is 18.0 Å². The second kappa shape index (κ2) is 5.05. The van der Waals surface area contributed by atoms with Crippen LogP contribution in [0.4, 0.5) is 5.82 Å². The molecule has 0 spiro atoms. The average molecular weight is 251 g/mol. The fourth-order valence-corrected chi connectivity index (χ4v) is 1.85. The van der Waals surface area contributed by atoms with Crippen molar-refractivity contribution >= 4 is 28.9 Å². The third kappa shape index (κ3) is 2.88. The van der Waals surface area contributed by atoms with Gasteiger partial charge < -0.3 is 16.4 Å². The molecule has 1 aliphatic rings. The number of piperidine rings is 1. The molecule has 90 valence electrons. The molecule has 0 bridgehead atoms. The Labute approximate surface area is 104 Å². The Kier molecular flexibility index (Phi) is 3.48. The molecule has 0 saturated carbocycles. The minimum absolute atomic E-state index is 0.0803. The summed E-state index contributed by atoms with van der Waals surface area (Å²) in [6.45, 7) is 0.576. The third-order valence-electron chi connectivity index (χ3n) is 2.59. The Balaban J connectivity index is 2.08. The molecule has 1 aliphatic heterocycles. The Bertz CT molecular complexity index is 440. The van der Waals surface area contributed by atoms with Crippen LogP contribution >= 0.6 is 12.2 Å². The smallest absolute Gasteiger partial charge is 0.220 e. The van der Waals surface area contributed by atoms with Gasteiger partial charge in [-0.15, -0.1) is 5.10 Å². The van der Waals surface area contributed by atoms with Crippen LogP contribution in [-0.4, -0.2) is 33.7 Å². The highest BCUT2D eigenvalue weighted by molar-refractivity contribution is 7.80. The zero-order valence-corrected chi connectivity index (χ0v) is 9.96. The maximum Gasteiger partial charge on any atom is 0.220 e. The fraction of sp³-hybridized carbons (Fsp3) is 0.400. The van der Waals surface area contributed by atoms with Gasteiger partial charge in [-0.1, -0.05) is 12.2 Å². The first-order valence-corrected chi connectivity index (χ1v) is 5.72. The van der Waals surface area contributed by atoms with Crippen molar-refractivity contribution < 1.29 is 4.79 Å². The molecule has 2 heterocycles. The fourth-order valence-electron chi connectivity index (χ4n) is 1.69. The van der Waals surface area contributed by atoms with Crippen LogP contribution in [0.2, 0.25) is 0 Å². The molecule has 1 aromatic rings. The number of rotatable bonds is 3. The largest absolute Gasteiger partial charge is 0.389 e. The number of thiocarbonyl (C=S) groups is 1. The first-order chi connectivity index (χ1) is 8.16. The molecule has 4 N–H and O–H groups in total. The normalized spacial score (nSPS) is 19.5. The molecule has 6 nitrogen and oxygen atoms in total. The van der Waals surface area contributed by atoms with Crippen LogP contribution in [0.3, 0.4) is 0 Å². The van der Waals surface area contributed by atoms with Crippen LogP contribution in [0, 0.1) is 0 Å². The number of aromatic nitrogens is 2. The number of anilines is 1. The van der Waals surface area contributed by atoms with Crippen LogP contribution in [-0.2, 0) is 4.79 Å². The summed E-state index contributed by atoms with van der Waals surface area (Å²) >= 11 is 4.94. The van der Waals surface area contributed by atoms with E-state index in [-0.39, 0.29) is 16.9 Å². The number of hydrogen-bond donors (Lipinski definition) is 3. The van der Waals surface area contributed by atoms with Gasteiger partial charge in [0.25, 0.3) is 0 Å². The van der Waals surface area contributed by atoms with E-state index in [1.165, 1.54) is 0 Å². The lowest BCUT2D eigenvalue weighted by Gasteiger charge is -2.24. The molecule has 1 unspecified atom stereocenters. The van der Waals surface area contributed by atoms with Gasteiger partial charge in [0.15, 0.2) is 5.82 Å².